The second-order valence-electron chi connectivity index (χ2n) is 6.07. The molecule has 9 heteroatoms. The Kier molecular flexibility index (Phi) is 9.29. The zero-order valence-corrected chi connectivity index (χ0v) is 17.2. The van der Waals surface area contributed by atoms with Gasteiger partial charge in [-0.3, -0.25) is 4.79 Å². The van der Waals surface area contributed by atoms with Crippen LogP contribution >= 0.6 is 36.3 Å². The number of aryl methyl sites for hydroxylation is 1. The lowest BCUT2D eigenvalue weighted by atomic mass is 10.0. The van der Waals surface area contributed by atoms with Crippen molar-refractivity contribution >= 4 is 47.4 Å². The molecule has 0 bridgehead atoms. The first-order chi connectivity index (χ1) is 11.6. The van der Waals surface area contributed by atoms with Gasteiger partial charge in [0.1, 0.15) is 5.82 Å². The van der Waals surface area contributed by atoms with E-state index in [-0.39, 0.29) is 36.8 Å². The highest BCUT2D eigenvalue weighted by Gasteiger charge is 2.22. The molecule has 2 N–H and O–H groups in total. The first kappa shape index (κ1) is 22.6. The van der Waals surface area contributed by atoms with E-state index in [2.05, 4.69) is 14.3 Å². The molecule has 3 rings (SSSR count). The maximum absolute atomic E-state index is 12.6. The van der Waals surface area contributed by atoms with Crippen LogP contribution in [0.5, 0.6) is 0 Å². The van der Waals surface area contributed by atoms with Gasteiger partial charge in [0.25, 0.3) is 0 Å². The number of aromatic nitrogens is 2. The second-order valence-corrected chi connectivity index (χ2v) is 6.80. The number of hydrogen-bond donors (Lipinski definition) is 1. The Labute approximate surface area is 170 Å². The molecule has 1 atom stereocenters. The second kappa shape index (κ2) is 10.7. The molecule has 1 aromatic carbocycles. The number of carbonyl (C=O) groups is 1. The molecule has 0 spiro atoms. The van der Waals surface area contributed by atoms with Crippen molar-refractivity contribution in [3.63, 3.8) is 0 Å². The quantitative estimate of drug-likeness (QED) is 0.827. The average molecular weight is 418 g/mol. The number of carbonyl (C=O) groups excluding carboxylic acids is 1. The van der Waals surface area contributed by atoms with Crippen molar-refractivity contribution in [1.29, 1.82) is 0 Å². The molecule has 144 valence electrons. The minimum absolute atomic E-state index is 0. The first-order valence-electron chi connectivity index (χ1n) is 8.27. The minimum atomic E-state index is -0.246. The van der Waals surface area contributed by atoms with Crippen LogP contribution in [0.4, 0.5) is 5.13 Å². The molecule has 0 radical (unpaired) electrons. The van der Waals surface area contributed by atoms with Crippen LogP contribution in [0.1, 0.15) is 30.3 Å². The SMILES string of the molecule is Cc1nsc(N2CCCN(C(=O)CC(N)c3ccccc3)CC2)n1.Cl.Cl. The molecule has 0 saturated carbocycles. The molecular weight excluding hydrogens is 393 g/mol. The van der Waals surface area contributed by atoms with Gasteiger partial charge in [-0.05, 0) is 18.9 Å². The monoisotopic (exact) mass is 417 g/mol. The third-order valence-electron chi connectivity index (χ3n) is 4.26. The Bertz CT molecular complexity index is 685. The summed E-state index contributed by atoms with van der Waals surface area (Å²) in [5.41, 5.74) is 7.19. The van der Waals surface area contributed by atoms with Gasteiger partial charge in [0.05, 0.1) is 0 Å². The lowest BCUT2D eigenvalue weighted by Crippen LogP contribution is -2.36. The largest absolute Gasteiger partial charge is 0.345 e. The highest BCUT2D eigenvalue weighted by molar-refractivity contribution is 7.09. The number of anilines is 1. The van der Waals surface area contributed by atoms with Crippen LogP contribution in [0.2, 0.25) is 0 Å². The van der Waals surface area contributed by atoms with Crippen molar-refractivity contribution in [1.82, 2.24) is 14.3 Å². The van der Waals surface area contributed by atoms with E-state index in [9.17, 15) is 4.79 Å². The van der Waals surface area contributed by atoms with Crippen LogP contribution in [0, 0.1) is 6.92 Å². The highest BCUT2D eigenvalue weighted by atomic mass is 35.5. The van der Waals surface area contributed by atoms with Gasteiger partial charge in [-0.1, -0.05) is 30.3 Å². The van der Waals surface area contributed by atoms with Crippen molar-refractivity contribution in [2.45, 2.75) is 25.8 Å². The summed E-state index contributed by atoms with van der Waals surface area (Å²) in [5.74, 6) is 0.933. The van der Waals surface area contributed by atoms with Gasteiger partial charge in [-0.2, -0.15) is 4.37 Å². The standard InChI is InChI=1S/C17H23N5OS.2ClH/c1-13-19-17(24-20-13)22-9-5-8-21(10-11-22)16(23)12-15(18)14-6-3-2-4-7-14;;/h2-4,6-7,15H,5,8-12,18H2,1H3;2*1H. The van der Waals surface area contributed by atoms with Crippen molar-refractivity contribution in [2.75, 3.05) is 31.1 Å². The number of hydrogen-bond acceptors (Lipinski definition) is 6. The molecule has 1 aliphatic rings. The van der Waals surface area contributed by atoms with Gasteiger partial charge < -0.3 is 15.5 Å². The van der Waals surface area contributed by atoms with Crippen LogP contribution in [-0.4, -0.2) is 46.3 Å². The number of halogens is 2. The molecule has 26 heavy (non-hydrogen) atoms. The summed E-state index contributed by atoms with van der Waals surface area (Å²) < 4.78 is 4.24. The van der Waals surface area contributed by atoms with E-state index < -0.39 is 0 Å². The maximum atomic E-state index is 12.6. The fraction of sp³-hybridized carbons (Fsp3) is 0.471. The van der Waals surface area contributed by atoms with Gasteiger partial charge in [0.2, 0.25) is 11.0 Å². The topological polar surface area (TPSA) is 75.4 Å². The van der Waals surface area contributed by atoms with Gasteiger partial charge >= 0.3 is 0 Å². The lowest BCUT2D eigenvalue weighted by Gasteiger charge is -2.23. The molecule has 1 unspecified atom stereocenters. The third-order valence-corrected chi connectivity index (χ3v) is 5.13. The predicted molar refractivity (Wildman–Crippen MR) is 111 cm³/mol. The van der Waals surface area contributed by atoms with Crippen molar-refractivity contribution < 1.29 is 4.79 Å². The zero-order valence-electron chi connectivity index (χ0n) is 14.7. The maximum Gasteiger partial charge on any atom is 0.224 e. The van der Waals surface area contributed by atoms with Gasteiger partial charge in [-0.15, -0.1) is 24.8 Å². The molecule has 6 nitrogen and oxygen atoms in total. The molecule has 1 amide bonds. The van der Waals surface area contributed by atoms with E-state index in [0.29, 0.717) is 13.0 Å². The lowest BCUT2D eigenvalue weighted by molar-refractivity contribution is -0.131. The summed E-state index contributed by atoms with van der Waals surface area (Å²) in [5, 5.41) is 0.947. The predicted octanol–water partition coefficient (Wildman–Crippen LogP) is 2.82. The van der Waals surface area contributed by atoms with E-state index in [4.69, 9.17) is 5.73 Å². The van der Waals surface area contributed by atoms with Gasteiger partial charge in [-0.25, -0.2) is 4.98 Å². The summed E-state index contributed by atoms with van der Waals surface area (Å²) in [6, 6.07) is 9.56. The number of amides is 1. The summed E-state index contributed by atoms with van der Waals surface area (Å²) in [7, 11) is 0. The minimum Gasteiger partial charge on any atom is -0.345 e. The molecular formula is C17H25Cl2N5OS. The van der Waals surface area contributed by atoms with E-state index in [1.165, 1.54) is 11.5 Å². The van der Waals surface area contributed by atoms with Crippen molar-refractivity contribution in [3.8, 4) is 0 Å². The molecule has 1 saturated heterocycles. The van der Waals surface area contributed by atoms with E-state index >= 15 is 0 Å². The van der Waals surface area contributed by atoms with Crippen LogP contribution in [0.25, 0.3) is 0 Å². The van der Waals surface area contributed by atoms with E-state index in [0.717, 1.165) is 42.6 Å². The van der Waals surface area contributed by atoms with Crippen molar-refractivity contribution in [2.24, 2.45) is 5.73 Å². The van der Waals surface area contributed by atoms with Crippen molar-refractivity contribution in [3.05, 3.63) is 41.7 Å². The first-order valence-corrected chi connectivity index (χ1v) is 9.04. The third kappa shape index (κ3) is 5.81. The summed E-state index contributed by atoms with van der Waals surface area (Å²) in [6.07, 6.45) is 1.28. The Hall–Kier alpha value is -1.41. The van der Waals surface area contributed by atoms with Gasteiger partial charge in [0.15, 0.2) is 0 Å². The number of nitrogens with two attached hydrogens (primary N) is 1. The fourth-order valence-corrected chi connectivity index (χ4v) is 3.63. The molecule has 2 heterocycles. The molecule has 1 fully saturated rings. The number of rotatable bonds is 4. The number of nitrogens with zero attached hydrogens (tertiary/aromatic N) is 4. The summed E-state index contributed by atoms with van der Waals surface area (Å²) >= 11 is 1.42. The Morgan fingerprint density at radius 3 is 2.58 bits per heavy atom. The van der Waals surface area contributed by atoms with Crippen LogP contribution in [0.3, 0.4) is 0 Å². The van der Waals surface area contributed by atoms with Gasteiger partial charge in [0, 0.05) is 50.2 Å². The number of benzene rings is 1. The molecule has 2 aromatic rings. The van der Waals surface area contributed by atoms with Crippen LogP contribution < -0.4 is 10.6 Å². The fourth-order valence-electron chi connectivity index (χ4n) is 2.91. The van der Waals surface area contributed by atoms with E-state index in [1.54, 1.807) is 0 Å². The zero-order chi connectivity index (χ0) is 16.9. The Balaban J connectivity index is 0.00000169. The Morgan fingerprint density at radius 1 is 1.19 bits per heavy atom. The van der Waals surface area contributed by atoms with Crippen LogP contribution in [-0.2, 0) is 4.79 Å². The average Bonchev–Trinajstić information content (AvgIpc) is 2.88. The molecule has 0 aliphatic carbocycles. The summed E-state index contributed by atoms with van der Waals surface area (Å²) in [6.45, 7) is 5.08. The molecule has 1 aliphatic heterocycles. The normalized spacial score (nSPS) is 15.5. The van der Waals surface area contributed by atoms with E-state index in [1.807, 2.05) is 42.2 Å². The van der Waals surface area contributed by atoms with Crippen LogP contribution in [0.15, 0.2) is 30.3 Å². The summed E-state index contributed by atoms with van der Waals surface area (Å²) in [4.78, 5) is 21.2. The Morgan fingerprint density at radius 2 is 1.92 bits per heavy atom. The highest BCUT2D eigenvalue weighted by Crippen LogP contribution is 2.20. The smallest absolute Gasteiger partial charge is 0.224 e. The molecule has 1 aromatic heterocycles.